The first kappa shape index (κ1) is 15.7. The number of amides is 2. The van der Waals surface area contributed by atoms with E-state index in [0.29, 0.717) is 6.61 Å². The summed E-state index contributed by atoms with van der Waals surface area (Å²) in [7, 11) is 0. The Kier molecular flexibility index (Phi) is 4.41. The standard InChI is InChI=1S/C19H22N4O2/c24-19(21-15-9-13-25-17-8-2-1-6-14(15)17)22-16-7-5-10-20-18(16)23-11-3-4-12-23/h1-2,5-8,10,15H,3-4,9,11-13H2,(H2,21,22,24)/t15-/m0/s1. The smallest absolute Gasteiger partial charge is 0.319 e. The summed E-state index contributed by atoms with van der Waals surface area (Å²) in [5.74, 6) is 1.70. The van der Waals surface area contributed by atoms with Gasteiger partial charge in [0.2, 0.25) is 0 Å². The third-order valence-electron chi connectivity index (χ3n) is 4.70. The Labute approximate surface area is 147 Å². The van der Waals surface area contributed by atoms with Gasteiger partial charge in [0.25, 0.3) is 0 Å². The maximum absolute atomic E-state index is 12.5. The number of nitrogens with one attached hydrogen (secondary N) is 2. The van der Waals surface area contributed by atoms with Gasteiger partial charge in [0, 0.05) is 31.3 Å². The van der Waals surface area contributed by atoms with Crippen molar-refractivity contribution in [3.05, 3.63) is 48.2 Å². The molecule has 2 aliphatic heterocycles. The molecule has 1 atom stereocenters. The zero-order valence-electron chi connectivity index (χ0n) is 14.1. The number of nitrogens with zero attached hydrogens (tertiary/aromatic N) is 2. The third kappa shape index (κ3) is 3.38. The summed E-state index contributed by atoms with van der Waals surface area (Å²) in [5, 5.41) is 6.04. The zero-order valence-corrected chi connectivity index (χ0v) is 14.1. The molecule has 1 aromatic carbocycles. The molecular weight excluding hydrogens is 316 g/mol. The predicted molar refractivity (Wildman–Crippen MR) is 97.1 cm³/mol. The number of hydrogen-bond donors (Lipinski definition) is 2. The quantitative estimate of drug-likeness (QED) is 0.901. The molecule has 3 heterocycles. The van der Waals surface area contributed by atoms with Crippen molar-refractivity contribution in [1.82, 2.24) is 10.3 Å². The van der Waals surface area contributed by atoms with Gasteiger partial charge in [-0.1, -0.05) is 18.2 Å². The lowest BCUT2D eigenvalue weighted by Gasteiger charge is -2.27. The Morgan fingerprint density at radius 3 is 2.88 bits per heavy atom. The molecule has 0 aliphatic carbocycles. The Hall–Kier alpha value is -2.76. The van der Waals surface area contributed by atoms with E-state index in [2.05, 4.69) is 20.5 Å². The Bertz CT molecular complexity index is 759. The molecule has 0 spiro atoms. The van der Waals surface area contributed by atoms with Crippen LogP contribution in [0.3, 0.4) is 0 Å². The minimum Gasteiger partial charge on any atom is -0.493 e. The van der Waals surface area contributed by atoms with E-state index in [0.717, 1.165) is 42.3 Å². The zero-order chi connectivity index (χ0) is 17.1. The first-order valence-corrected chi connectivity index (χ1v) is 8.80. The second-order valence-electron chi connectivity index (χ2n) is 6.39. The van der Waals surface area contributed by atoms with Crippen LogP contribution in [-0.2, 0) is 0 Å². The van der Waals surface area contributed by atoms with Crippen LogP contribution in [0, 0.1) is 0 Å². The number of carbonyl (C=O) groups is 1. The molecule has 2 aliphatic rings. The summed E-state index contributed by atoms with van der Waals surface area (Å²) >= 11 is 0. The van der Waals surface area contributed by atoms with Crippen molar-refractivity contribution in [3.8, 4) is 5.75 Å². The number of para-hydroxylation sites is 1. The summed E-state index contributed by atoms with van der Waals surface area (Å²) in [5.41, 5.74) is 1.78. The molecule has 6 heteroatoms. The highest BCUT2D eigenvalue weighted by molar-refractivity contribution is 5.92. The van der Waals surface area contributed by atoms with Crippen molar-refractivity contribution >= 4 is 17.5 Å². The van der Waals surface area contributed by atoms with Crippen molar-refractivity contribution in [3.63, 3.8) is 0 Å². The van der Waals surface area contributed by atoms with E-state index >= 15 is 0 Å². The summed E-state index contributed by atoms with van der Waals surface area (Å²) in [4.78, 5) is 19.2. The Morgan fingerprint density at radius 1 is 1.16 bits per heavy atom. The maximum Gasteiger partial charge on any atom is 0.319 e. The highest BCUT2D eigenvalue weighted by Crippen LogP contribution is 2.32. The van der Waals surface area contributed by atoms with Gasteiger partial charge in [-0.15, -0.1) is 0 Å². The number of anilines is 2. The predicted octanol–water partition coefficient (Wildman–Crippen LogP) is 3.33. The van der Waals surface area contributed by atoms with E-state index in [-0.39, 0.29) is 12.1 Å². The van der Waals surface area contributed by atoms with Crippen LogP contribution in [-0.4, -0.2) is 30.7 Å². The van der Waals surface area contributed by atoms with E-state index in [9.17, 15) is 4.79 Å². The summed E-state index contributed by atoms with van der Waals surface area (Å²) in [6, 6.07) is 11.3. The molecule has 2 aromatic rings. The number of urea groups is 1. The molecule has 1 fully saturated rings. The Balaban J connectivity index is 1.47. The van der Waals surface area contributed by atoms with Crippen LogP contribution in [0.4, 0.5) is 16.3 Å². The van der Waals surface area contributed by atoms with Gasteiger partial charge in [-0.25, -0.2) is 9.78 Å². The van der Waals surface area contributed by atoms with Gasteiger partial charge in [0.15, 0.2) is 5.82 Å². The molecule has 1 aromatic heterocycles. The number of ether oxygens (including phenoxy) is 1. The third-order valence-corrected chi connectivity index (χ3v) is 4.70. The van der Waals surface area contributed by atoms with Crippen molar-refractivity contribution in [2.24, 2.45) is 0 Å². The second kappa shape index (κ2) is 7.01. The minimum atomic E-state index is -0.213. The number of aromatic nitrogens is 1. The number of fused-ring (bicyclic) bond motifs is 1. The van der Waals surface area contributed by atoms with Gasteiger partial charge in [0.1, 0.15) is 5.75 Å². The van der Waals surface area contributed by atoms with Crippen LogP contribution in [0.1, 0.15) is 30.9 Å². The molecular formula is C19H22N4O2. The number of pyridine rings is 1. The van der Waals surface area contributed by atoms with Crippen LogP contribution >= 0.6 is 0 Å². The van der Waals surface area contributed by atoms with Crippen LogP contribution in [0.5, 0.6) is 5.75 Å². The fourth-order valence-electron chi connectivity index (χ4n) is 3.48. The maximum atomic E-state index is 12.5. The number of rotatable bonds is 3. The van der Waals surface area contributed by atoms with Gasteiger partial charge in [-0.2, -0.15) is 0 Å². The van der Waals surface area contributed by atoms with E-state index in [1.807, 2.05) is 36.4 Å². The fraction of sp³-hybridized carbons (Fsp3) is 0.368. The number of carbonyl (C=O) groups excluding carboxylic acids is 1. The van der Waals surface area contributed by atoms with Crippen LogP contribution in [0.2, 0.25) is 0 Å². The molecule has 2 amide bonds. The topological polar surface area (TPSA) is 66.5 Å². The summed E-state index contributed by atoms with van der Waals surface area (Å²) < 4.78 is 5.65. The molecule has 0 saturated carbocycles. The van der Waals surface area contributed by atoms with Gasteiger partial charge < -0.3 is 20.3 Å². The minimum absolute atomic E-state index is 0.0446. The monoisotopic (exact) mass is 338 g/mol. The molecule has 4 rings (SSSR count). The van der Waals surface area contributed by atoms with E-state index in [1.165, 1.54) is 12.8 Å². The summed E-state index contributed by atoms with van der Waals surface area (Å²) in [6.07, 6.45) is 4.87. The Morgan fingerprint density at radius 2 is 2.00 bits per heavy atom. The largest absolute Gasteiger partial charge is 0.493 e. The summed E-state index contributed by atoms with van der Waals surface area (Å²) in [6.45, 7) is 2.58. The first-order valence-electron chi connectivity index (χ1n) is 8.80. The molecule has 0 bridgehead atoms. The van der Waals surface area contributed by atoms with Crippen LogP contribution < -0.4 is 20.3 Å². The van der Waals surface area contributed by atoms with Crippen molar-refractivity contribution < 1.29 is 9.53 Å². The molecule has 6 nitrogen and oxygen atoms in total. The SMILES string of the molecule is O=C(Nc1cccnc1N1CCCC1)N[C@H]1CCOc2ccccc21. The van der Waals surface area contributed by atoms with E-state index in [1.54, 1.807) is 6.20 Å². The lowest BCUT2D eigenvalue weighted by Crippen LogP contribution is -2.35. The average Bonchev–Trinajstić information content (AvgIpc) is 3.17. The van der Waals surface area contributed by atoms with Crippen molar-refractivity contribution in [2.45, 2.75) is 25.3 Å². The van der Waals surface area contributed by atoms with Crippen molar-refractivity contribution in [2.75, 3.05) is 29.9 Å². The van der Waals surface area contributed by atoms with E-state index in [4.69, 9.17) is 4.74 Å². The van der Waals surface area contributed by atoms with Gasteiger partial charge in [-0.05, 0) is 31.0 Å². The normalized spacial score (nSPS) is 19.0. The number of benzene rings is 1. The van der Waals surface area contributed by atoms with Crippen molar-refractivity contribution in [1.29, 1.82) is 0 Å². The molecule has 25 heavy (non-hydrogen) atoms. The van der Waals surface area contributed by atoms with Crippen LogP contribution in [0.25, 0.3) is 0 Å². The van der Waals surface area contributed by atoms with Crippen LogP contribution in [0.15, 0.2) is 42.6 Å². The lowest BCUT2D eigenvalue weighted by atomic mass is 10.0. The molecule has 1 saturated heterocycles. The second-order valence-corrected chi connectivity index (χ2v) is 6.39. The van der Waals surface area contributed by atoms with Gasteiger partial charge in [-0.3, -0.25) is 0 Å². The van der Waals surface area contributed by atoms with E-state index < -0.39 is 0 Å². The highest BCUT2D eigenvalue weighted by Gasteiger charge is 2.23. The van der Waals surface area contributed by atoms with Gasteiger partial charge in [0.05, 0.1) is 18.3 Å². The highest BCUT2D eigenvalue weighted by atomic mass is 16.5. The first-order chi connectivity index (χ1) is 12.3. The molecule has 130 valence electrons. The lowest BCUT2D eigenvalue weighted by molar-refractivity contribution is 0.232. The number of hydrogen-bond acceptors (Lipinski definition) is 4. The average molecular weight is 338 g/mol. The molecule has 2 N–H and O–H groups in total. The fourth-order valence-corrected chi connectivity index (χ4v) is 3.48. The molecule has 0 radical (unpaired) electrons. The molecule has 0 unspecified atom stereocenters. The van der Waals surface area contributed by atoms with Gasteiger partial charge >= 0.3 is 6.03 Å².